The van der Waals surface area contributed by atoms with Crippen LogP contribution in [0, 0.1) is 57.8 Å². The van der Waals surface area contributed by atoms with Gasteiger partial charge in [-0.3, -0.25) is 4.79 Å². The van der Waals surface area contributed by atoms with E-state index in [1.165, 1.54) is 7.11 Å². The summed E-state index contributed by atoms with van der Waals surface area (Å²) in [5.74, 6) is 0.668. The molecule has 0 aliphatic heterocycles. The van der Waals surface area contributed by atoms with Gasteiger partial charge in [-0.25, -0.2) is 9.64 Å². The molecule has 0 heterocycles. The zero-order valence-electron chi connectivity index (χ0n) is 24.4. The fourth-order valence-electron chi connectivity index (χ4n) is 10.3. The number of methoxy groups -OCH3 is 1. The highest BCUT2D eigenvalue weighted by Crippen LogP contribution is 2.73. The van der Waals surface area contributed by atoms with Gasteiger partial charge in [0.1, 0.15) is 0 Å². The van der Waals surface area contributed by atoms with Crippen LogP contribution in [-0.4, -0.2) is 30.3 Å². The number of ether oxygens (including phenoxy) is 1. The summed E-state index contributed by atoms with van der Waals surface area (Å²) in [6.07, 6.45) is 8.73. The van der Waals surface area contributed by atoms with E-state index in [1.54, 1.807) is 0 Å². The first-order valence-corrected chi connectivity index (χ1v) is 14.4. The summed E-state index contributed by atoms with van der Waals surface area (Å²) in [5.41, 5.74) is -0.872. The molecule has 6 nitrogen and oxygen atoms in total. The number of fused-ring (bicyclic) bond motifs is 7. The largest absolute Gasteiger partial charge is 0.453 e. The third-order valence-electron chi connectivity index (χ3n) is 12.8. The molecule has 3 saturated carbocycles. The zero-order valence-corrected chi connectivity index (χ0v) is 24.4. The summed E-state index contributed by atoms with van der Waals surface area (Å²) in [7, 11) is 1.41. The average Bonchev–Trinajstić information content (AvgIpc) is 2.86. The van der Waals surface area contributed by atoms with Gasteiger partial charge in [-0.15, -0.1) is 0 Å². The van der Waals surface area contributed by atoms with Crippen molar-refractivity contribution in [3.8, 4) is 0 Å². The van der Waals surface area contributed by atoms with Crippen LogP contribution in [0.2, 0.25) is 0 Å². The SMILES string of the molecule is [C-]#[N+]C1=C[C@]2(C)C3=CC(=O)[C@@H]4[C@@H]5[C@@H](C)[C@H](C)CC[C@]5(NC(=O)OC)CC[C@@]4(C)[C@]3(C)CC[C@H]2C(C)(C)C1=O. The molecule has 0 bridgehead atoms. The van der Waals surface area contributed by atoms with Gasteiger partial charge in [0.05, 0.1) is 13.7 Å². The minimum absolute atomic E-state index is 0.0236. The molecule has 0 aromatic carbocycles. The van der Waals surface area contributed by atoms with Crippen molar-refractivity contribution >= 4 is 17.7 Å². The molecule has 0 unspecified atom stereocenters. The van der Waals surface area contributed by atoms with Crippen LogP contribution in [0.5, 0.6) is 0 Å². The van der Waals surface area contributed by atoms with E-state index >= 15 is 0 Å². The summed E-state index contributed by atoms with van der Waals surface area (Å²) >= 11 is 0. The third kappa shape index (κ3) is 3.20. The fourth-order valence-corrected chi connectivity index (χ4v) is 10.3. The minimum atomic E-state index is -0.661. The van der Waals surface area contributed by atoms with Crippen molar-refractivity contribution in [3.05, 3.63) is 34.8 Å². The Morgan fingerprint density at radius 1 is 1.05 bits per heavy atom. The number of nitrogens with zero attached hydrogens (tertiary/aromatic N) is 1. The predicted molar refractivity (Wildman–Crippen MR) is 146 cm³/mol. The van der Waals surface area contributed by atoms with Crippen molar-refractivity contribution in [2.45, 2.75) is 92.5 Å². The van der Waals surface area contributed by atoms with E-state index in [1.807, 2.05) is 26.0 Å². The lowest BCUT2D eigenvalue weighted by molar-refractivity contribution is -0.165. The second-order valence-electron chi connectivity index (χ2n) is 14.4. The number of nitrogens with one attached hydrogen (secondary N) is 1. The van der Waals surface area contributed by atoms with Gasteiger partial charge in [-0.05, 0) is 79.1 Å². The van der Waals surface area contributed by atoms with Gasteiger partial charge < -0.3 is 14.8 Å². The molecule has 0 aromatic rings. The maximum absolute atomic E-state index is 14.5. The lowest BCUT2D eigenvalue weighted by Gasteiger charge is -2.69. The quantitative estimate of drug-likeness (QED) is 0.399. The molecule has 1 N–H and O–H groups in total. The first kappa shape index (κ1) is 27.2. The monoisotopic (exact) mass is 520 g/mol. The first-order valence-electron chi connectivity index (χ1n) is 14.4. The van der Waals surface area contributed by atoms with Gasteiger partial charge in [-0.2, -0.15) is 0 Å². The van der Waals surface area contributed by atoms with Crippen molar-refractivity contribution in [1.82, 2.24) is 5.32 Å². The fraction of sp³-hybridized carbons (Fsp3) is 0.750. The maximum atomic E-state index is 14.5. The van der Waals surface area contributed by atoms with Crippen LogP contribution in [0.4, 0.5) is 4.79 Å². The first-order chi connectivity index (χ1) is 17.6. The normalized spacial score (nSPS) is 47.2. The van der Waals surface area contributed by atoms with Gasteiger partial charge in [0.2, 0.25) is 5.70 Å². The molecule has 38 heavy (non-hydrogen) atoms. The van der Waals surface area contributed by atoms with E-state index in [-0.39, 0.29) is 51.8 Å². The molecule has 1 amide bonds. The molecule has 3 fully saturated rings. The summed E-state index contributed by atoms with van der Waals surface area (Å²) in [6.45, 7) is 23.1. The molecule has 206 valence electrons. The Kier molecular flexibility index (Phi) is 5.93. The van der Waals surface area contributed by atoms with Gasteiger partial charge in [0.15, 0.2) is 11.6 Å². The Labute approximate surface area is 227 Å². The molecule has 5 rings (SSSR count). The summed E-state index contributed by atoms with van der Waals surface area (Å²) in [6, 6.07) is 0. The number of hydrogen-bond donors (Lipinski definition) is 1. The van der Waals surface area contributed by atoms with Crippen LogP contribution in [0.25, 0.3) is 4.85 Å². The maximum Gasteiger partial charge on any atom is 0.407 e. The molecule has 0 aromatic heterocycles. The molecule has 0 saturated heterocycles. The average molecular weight is 521 g/mol. The number of Topliss-reactive ketones (excluding diaryl/α,β-unsaturated/α-hetero) is 1. The number of ketones is 2. The van der Waals surface area contributed by atoms with Crippen molar-refractivity contribution in [2.24, 2.45) is 51.2 Å². The van der Waals surface area contributed by atoms with Gasteiger partial charge in [0, 0.05) is 22.3 Å². The van der Waals surface area contributed by atoms with Crippen LogP contribution in [0.1, 0.15) is 87.0 Å². The standard InChI is InChI=1S/C32H44N2O4/c1-18-10-13-32(34-27(37)38-9)15-14-31(7)25(24(32)19(18)2)21(35)16-23-29(5)17-20(33-8)26(36)28(3,4)22(29)11-12-30(23,31)6/h16-19,22,24-25H,10-15H2,1-7,9H3,(H,34,37)/t18-,19+,22+,24+,25-,29+,30-,31-,32+/m1/s1. The molecule has 5 aliphatic carbocycles. The Balaban J connectivity index is 1.69. The summed E-state index contributed by atoms with van der Waals surface area (Å²) in [4.78, 5) is 43.9. The van der Waals surface area contributed by atoms with E-state index in [0.717, 1.165) is 44.1 Å². The Bertz CT molecular complexity index is 1210. The zero-order chi connectivity index (χ0) is 28.1. The number of allylic oxidation sites excluding steroid dienone is 4. The number of hydrogen-bond acceptors (Lipinski definition) is 4. The molecule has 0 radical (unpaired) electrons. The second-order valence-corrected chi connectivity index (χ2v) is 14.4. The summed E-state index contributed by atoms with van der Waals surface area (Å²) in [5, 5.41) is 3.26. The van der Waals surface area contributed by atoms with Gasteiger partial charge in [-0.1, -0.05) is 60.1 Å². The van der Waals surface area contributed by atoms with Crippen molar-refractivity contribution in [3.63, 3.8) is 0 Å². The highest BCUT2D eigenvalue weighted by molar-refractivity contribution is 6.03. The molecule has 9 atom stereocenters. The Morgan fingerprint density at radius 2 is 1.74 bits per heavy atom. The van der Waals surface area contributed by atoms with Crippen LogP contribution in [-0.2, 0) is 14.3 Å². The van der Waals surface area contributed by atoms with Crippen LogP contribution in [0.15, 0.2) is 23.4 Å². The lowest BCUT2D eigenvalue weighted by Crippen LogP contribution is -2.70. The topological polar surface area (TPSA) is 76.8 Å². The Hall–Kier alpha value is -2.42. The van der Waals surface area contributed by atoms with Crippen molar-refractivity contribution in [2.75, 3.05) is 7.11 Å². The summed E-state index contributed by atoms with van der Waals surface area (Å²) < 4.78 is 5.07. The van der Waals surface area contributed by atoms with Crippen LogP contribution >= 0.6 is 0 Å². The van der Waals surface area contributed by atoms with Crippen molar-refractivity contribution < 1.29 is 19.1 Å². The van der Waals surface area contributed by atoms with Crippen LogP contribution in [0.3, 0.4) is 0 Å². The molecule has 6 heteroatoms. The van der Waals surface area contributed by atoms with E-state index in [2.05, 4.69) is 44.8 Å². The second kappa shape index (κ2) is 8.29. The lowest BCUT2D eigenvalue weighted by atomic mass is 9.35. The van der Waals surface area contributed by atoms with Gasteiger partial charge >= 0.3 is 6.09 Å². The highest BCUT2D eigenvalue weighted by Gasteiger charge is 2.70. The number of alkyl carbamates (subject to hydrolysis) is 1. The highest BCUT2D eigenvalue weighted by atomic mass is 16.5. The number of amides is 1. The molecule has 5 aliphatic rings. The number of rotatable bonds is 1. The van der Waals surface area contributed by atoms with Gasteiger partial charge in [0.25, 0.3) is 0 Å². The minimum Gasteiger partial charge on any atom is -0.453 e. The molecule has 0 spiro atoms. The number of carbonyl (C=O) groups is 3. The van der Waals surface area contributed by atoms with E-state index in [0.29, 0.717) is 5.92 Å². The third-order valence-corrected chi connectivity index (χ3v) is 12.8. The van der Waals surface area contributed by atoms with Crippen LogP contribution < -0.4 is 5.32 Å². The number of carbonyl (C=O) groups excluding carboxylic acids is 3. The van der Waals surface area contributed by atoms with E-state index in [4.69, 9.17) is 11.3 Å². The van der Waals surface area contributed by atoms with E-state index in [9.17, 15) is 14.4 Å². The van der Waals surface area contributed by atoms with Crippen molar-refractivity contribution in [1.29, 1.82) is 0 Å². The predicted octanol–water partition coefficient (Wildman–Crippen LogP) is 6.52. The van der Waals surface area contributed by atoms with E-state index < -0.39 is 22.5 Å². The Morgan fingerprint density at radius 3 is 2.37 bits per heavy atom. The molecular weight excluding hydrogens is 476 g/mol. The molecular formula is C32H44N2O4. The smallest absolute Gasteiger partial charge is 0.407 e.